The molecule has 0 bridgehead atoms. The first-order valence-electron chi connectivity index (χ1n) is 9.42. The van der Waals surface area contributed by atoms with Crippen LogP contribution < -0.4 is 15.8 Å². The fourth-order valence-corrected chi connectivity index (χ4v) is 3.40. The van der Waals surface area contributed by atoms with Gasteiger partial charge in [0.1, 0.15) is 5.75 Å². The minimum Gasteiger partial charge on any atom is -0.497 e. The number of aromatic nitrogens is 3. The van der Waals surface area contributed by atoms with Gasteiger partial charge in [0.25, 0.3) is 0 Å². The van der Waals surface area contributed by atoms with Gasteiger partial charge in [0.2, 0.25) is 0 Å². The number of carbonyl (C=O) groups excluding carboxylic acids is 1. The van der Waals surface area contributed by atoms with Gasteiger partial charge in [-0.3, -0.25) is 4.68 Å². The number of rotatable bonds is 7. The van der Waals surface area contributed by atoms with Gasteiger partial charge < -0.3 is 20.7 Å². The van der Waals surface area contributed by atoms with Crippen LogP contribution in [0.3, 0.4) is 0 Å². The van der Waals surface area contributed by atoms with Crippen molar-refractivity contribution in [1.82, 2.24) is 25.2 Å². The SMILES string of the molecule is COc1ccc(CCNC(=O)N2CCCC(Cn3cc(CN)nn3)C2)cc1. The summed E-state index contributed by atoms with van der Waals surface area (Å²) in [7, 11) is 1.65. The molecule has 3 rings (SSSR count). The fourth-order valence-electron chi connectivity index (χ4n) is 3.40. The minimum absolute atomic E-state index is 0.00875. The number of hydrogen-bond acceptors (Lipinski definition) is 5. The van der Waals surface area contributed by atoms with Crippen LogP contribution in [0.4, 0.5) is 4.79 Å². The van der Waals surface area contributed by atoms with E-state index in [2.05, 4.69) is 15.6 Å². The summed E-state index contributed by atoms with van der Waals surface area (Å²) in [5, 5.41) is 11.2. The zero-order valence-electron chi connectivity index (χ0n) is 15.8. The van der Waals surface area contributed by atoms with E-state index in [1.807, 2.05) is 40.0 Å². The van der Waals surface area contributed by atoms with Crippen molar-refractivity contribution in [2.45, 2.75) is 32.4 Å². The summed E-state index contributed by atoms with van der Waals surface area (Å²) in [5.41, 5.74) is 7.54. The second-order valence-electron chi connectivity index (χ2n) is 6.92. The van der Waals surface area contributed by atoms with Crippen LogP contribution in [0.5, 0.6) is 5.75 Å². The van der Waals surface area contributed by atoms with Crippen LogP contribution >= 0.6 is 0 Å². The first-order chi connectivity index (χ1) is 13.2. The van der Waals surface area contributed by atoms with Crippen LogP contribution in [0.1, 0.15) is 24.1 Å². The number of amides is 2. The molecular weight excluding hydrogens is 344 g/mol. The maximum atomic E-state index is 12.5. The van der Waals surface area contributed by atoms with E-state index in [0.717, 1.165) is 50.3 Å². The summed E-state index contributed by atoms with van der Waals surface area (Å²) in [4.78, 5) is 14.4. The number of hydrogen-bond donors (Lipinski definition) is 2. The molecule has 1 aromatic heterocycles. The van der Waals surface area contributed by atoms with E-state index >= 15 is 0 Å². The van der Waals surface area contributed by atoms with Gasteiger partial charge in [-0.05, 0) is 42.9 Å². The largest absolute Gasteiger partial charge is 0.497 e. The van der Waals surface area contributed by atoms with Gasteiger partial charge >= 0.3 is 6.03 Å². The first kappa shape index (κ1) is 19.2. The van der Waals surface area contributed by atoms with Crippen molar-refractivity contribution < 1.29 is 9.53 Å². The Morgan fingerprint density at radius 2 is 2.19 bits per heavy atom. The molecule has 0 saturated carbocycles. The highest BCUT2D eigenvalue weighted by molar-refractivity contribution is 5.74. The number of nitrogens with zero attached hydrogens (tertiary/aromatic N) is 4. The molecule has 1 fully saturated rings. The summed E-state index contributed by atoms with van der Waals surface area (Å²) in [5.74, 6) is 1.23. The molecule has 146 valence electrons. The van der Waals surface area contributed by atoms with Gasteiger partial charge in [-0.15, -0.1) is 5.10 Å². The number of urea groups is 1. The lowest BCUT2D eigenvalue weighted by molar-refractivity contribution is 0.157. The molecule has 27 heavy (non-hydrogen) atoms. The molecule has 2 amide bonds. The Morgan fingerprint density at radius 1 is 1.37 bits per heavy atom. The predicted octanol–water partition coefficient (Wildman–Crippen LogP) is 1.41. The summed E-state index contributed by atoms with van der Waals surface area (Å²) in [6, 6.07) is 7.93. The van der Waals surface area contributed by atoms with Gasteiger partial charge in [-0.1, -0.05) is 17.3 Å². The molecule has 1 unspecified atom stereocenters. The molecule has 8 nitrogen and oxygen atoms in total. The van der Waals surface area contributed by atoms with Crippen LogP contribution in [0.25, 0.3) is 0 Å². The lowest BCUT2D eigenvalue weighted by Crippen LogP contribution is -2.46. The number of carbonyl (C=O) groups is 1. The van der Waals surface area contributed by atoms with Crippen molar-refractivity contribution >= 4 is 6.03 Å². The van der Waals surface area contributed by atoms with Crippen molar-refractivity contribution in [3.05, 3.63) is 41.7 Å². The van der Waals surface area contributed by atoms with Crippen LogP contribution in [-0.2, 0) is 19.5 Å². The van der Waals surface area contributed by atoms with Crippen LogP contribution in [-0.4, -0.2) is 52.7 Å². The standard InChI is InChI=1S/C19H28N6O2/c1-27-18-6-4-15(5-7-18)8-9-21-19(26)24-10-2-3-16(12-24)13-25-14-17(11-20)22-23-25/h4-7,14,16H,2-3,8-13,20H2,1H3,(H,21,26). The quantitative estimate of drug-likeness (QED) is 0.766. The Kier molecular flexibility index (Phi) is 6.64. The van der Waals surface area contributed by atoms with Crippen LogP contribution in [0.15, 0.2) is 30.5 Å². The molecule has 1 aliphatic heterocycles. The summed E-state index contributed by atoms with van der Waals surface area (Å²) in [6.45, 7) is 3.33. The van der Waals surface area contributed by atoms with Crippen LogP contribution in [0.2, 0.25) is 0 Å². The number of methoxy groups -OCH3 is 1. The Bertz CT molecular complexity index is 730. The summed E-state index contributed by atoms with van der Waals surface area (Å²) >= 11 is 0. The zero-order chi connectivity index (χ0) is 19.1. The molecule has 0 radical (unpaired) electrons. The number of nitrogens with one attached hydrogen (secondary N) is 1. The maximum absolute atomic E-state index is 12.5. The highest BCUT2D eigenvalue weighted by Gasteiger charge is 2.24. The average Bonchev–Trinajstić information content (AvgIpc) is 3.16. The number of nitrogens with two attached hydrogens (primary N) is 1. The van der Waals surface area contributed by atoms with E-state index < -0.39 is 0 Å². The third-order valence-electron chi connectivity index (χ3n) is 4.90. The summed E-state index contributed by atoms with van der Waals surface area (Å²) < 4.78 is 6.99. The molecule has 8 heteroatoms. The molecule has 2 heterocycles. The van der Waals surface area contributed by atoms with E-state index in [9.17, 15) is 4.79 Å². The van der Waals surface area contributed by atoms with Crippen LogP contribution in [0, 0.1) is 5.92 Å². The topological polar surface area (TPSA) is 98.3 Å². The Morgan fingerprint density at radius 3 is 2.89 bits per heavy atom. The van der Waals surface area contributed by atoms with Gasteiger partial charge in [-0.2, -0.15) is 0 Å². The number of benzene rings is 1. The maximum Gasteiger partial charge on any atom is 0.317 e. The molecule has 3 N–H and O–H groups in total. The van der Waals surface area contributed by atoms with Gasteiger partial charge in [0, 0.05) is 38.9 Å². The molecule has 1 aliphatic rings. The van der Waals surface area contributed by atoms with E-state index in [1.165, 1.54) is 5.56 Å². The van der Waals surface area contributed by atoms with Gasteiger partial charge in [0.05, 0.1) is 12.8 Å². The lowest BCUT2D eigenvalue weighted by atomic mass is 9.98. The Hall–Kier alpha value is -2.61. The molecule has 1 aromatic carbocycles. The second kappa shape index (κ2) is 9.36. The zero-order valence-corrected chi connectivity index (χ0v) is 15.8. The Labute approximate surface area is 159 Å². The second-order valence-corrected chi connectivity index (χ2v) is 6.92. The molecule has 0 aliphatic carbocycles. The number of piperidine rings is 1. The minimum atomic E-state index is 0.00875. The van der Waals surface area contributed by atoms with E-state index in [0.29, 0.717) is 19.0 Å². The predicted molar refractivity (Wildman–Crippen MR) is 102 cm³/mol. The highest BCUT2D eigenvalue weighted by atomic mass is 16.5. The van der Waals surface area contributed by atoms with Crippen molar-refractivity contribution in [2.75, 3.05) is 26.7 Å². The normalized spacial score (nSPS) is 17.0. The monoisotopic (exact) mass is 372 g/mol. The smallest absolute Gasteiger partial charge is 0.317 e. The van der Waals surface area contributed by atoms with Gasteiger partial charge in [-0.25, -0.2) is 4.79 Å². The Balaban J connectivity index is 1.43. The number of likely N-dealkylation sites (tertiary alicyclic amines) is 1. The first-order valence-corrected chi connectivity index (χ1v) is 9.42. The van der Waals surface area contributed by atoms with Crippen molar-refractivity contribution in [3.8, 4) is 5.75 Å². The van der Waals surface area contributed by atoms with Crippen molar-refractivity contribution in [1.29, 1.82) is 0 Å². The van der Waals surface area contributed by atoms with Gasteiger partial charge in [0.15, 0.2) is 0 Å². The lowest BCUT2D eigenvalue weighted by Gasteiger charge is -2.32. The summed E-state index contributed by atoms with van der Waals surface area (Å²) in [6.07, 6.45) is 4.78. The third-order valence-corrected chi connectivity index (χ3v) is 4.90. The van der Waals surface area contributed by atoms with E-state index in [-0.39, 0.29) is 6.03 Å². The average molecular weight is 372 g/mol. The third kappa shape index (κ3) is 5.43. The molecular formula is C19H28N6O2. The number of ether oxygens (including phenoxy) is 1. The molecule has 2 aromatic rings. The fraction of sp³-hybridized carbons (Fsp3) is 0.526. The molecule has 0 spiro atoms. The highest BCUT2D eigenvalue weighted by Crippen LogP contribution is 2.18. The van der Waals surface area contributed by atoms with E-state index in [1.54, 1.807) is 7.11 Å². The van der Waals surface area contributed by atoms with Crippen molar-refractivity contribution in [3.63, 3.8) is 0 Å². The van der Waals surface area contributed by atoms with E-state index in [4.69, 9.17) is 10.5 Å². The van der Waals surface area contributed by atoms with Crippen molar-refractivity contribution in [2.24, 2.45) is 11.7 Å². The molecule has 1 atom stereocenters. The molecule has 1 saturated heterocycles.